The van der Waals surface area contributed by atoms with Gasteiger partial charge in [0, 0.05) is 0 Å². The number of aliphatic hydroxyl groups excluding tert-OH is 1. The van der Waals surface area contributed by atoms with Gasteiger partial charge >= 0.3 is 0 Å². The van der Waals surface area contributed by atoms with Crippen molar-refractivity contribution in [3.63, 3.8) is 0 Å². The second-order valence-electron chi connectivity index (χ2n) is 1.31. The average Bonchev–Trinajstić information content (AvgIpc) is 1.89. The van der Waals surface area contributed by atoms with Gasteiger partial charge in [0.25, 0.3) is 0 Å². The van der Waals surface area contributed by atoms with E-state index in [1.807, 2.05) is 0 Å². The first-order valence-electron chi connectivity index (χ1n) is 2.61. The third-order valence-electron chi connectivity index (χ3n) is 0.648. The minimum absolute atomic E-state index is 0.0175. The van der Waals surface area contributed by atoms with Crippen LogP contribution < -0.4 is 0 Å². The lowest BCUT2D eigenvalue weighted by atomic mass is 10.4. The van der Waals surface area contributed by atoms with Gasteiger partial charge < -0.3 is 5.11 Å². The number of hydrogen-bond donors (Lipinski definition) is 1. The van der Waals surface area contributed by atoms with Gasteiger partial charge in [-0.1, -0.05) is 24.3 Å². The molecule has 2 heteroatoms. The molecule has 0 heterocycles. The van der Waals surface area contributed by atoms with Crippen LogP contribution in [0.25, 0.3) is 0 Å². The molecule has 1 nitrogen and oxygen atoms in total. The predicted octanol–water partition coefficient (Wildman–Crippen LogP) is 1.57. The standard InChI is InChI=1S/C7H9FO/c8-6-4-2-1-3-5-7-9/h1-6,9H,7H2/b2-1-,5-3+,6-4-. The van der Waals surface area contributed by atoms with Crippen molar-refractivity contribution < 1.29 is 9.50 Å². The van der Waals surface area contributed by atoms with Crippen LogP contribution in [-0.2, 0) is 0 Å². The summed E-state index contributed by atoms with van der Waals surface area (Å²) in [6.45, 7) is 0.0175. The molecule has 0 rings (SSSR count). The minimum Gasteiger partial charge on any atom is -0.392 e. The van der Waals surface area contributed by atoms with Crippen molar-refractivity contribution in [2.45, 2.75) is 0 Å². The summed E-state index contributed by atoms with van der Waals surface area (Å²) in [5.41, 5.74) is 0. The van der Waals surface area contributed by atoms with E-state index in [0.29, 0.717) is 6.33 Å². The summed E-state index contributed by atoms with van der Waals surface area (Å²) in [7, 11) is 0. The Labute approximate surface area is 53.8 Å². The molecule has 0 amide bonds. The summed E-state index contributed by atoms with van der Waals surface area (Å²) < 4.78 is 11.2. The zero-order valence-electron chi connectivity index (χ0n) is 5.00. The summed E-state index contributed by atoms with van der Waals surface area (Å²) in [5.74, 6) is 0. The normalized spacial score (nSPS) is 12.7. The van der Waals surface area contributed by atoms with Gasteiger partial charge in [-0.3, -0.25) is 0 Å². The molecule has 0 bridgehead atoms. The van der Waals surface area contributed by atoms with Crippen LogP contribution in [0.15, 0.2) is 36.7 Å². The van der Waals surface area contributed by atoms with Crippen molar-refractivity contribution in [2.75, 3.05) is 6.61 Å². The van der Waals surface area contributed by atoms with Crippen molar-refractivity contribution in [3.05, 3.63) is 36.7 Å². The Kier molecular flexibility index (Phi) is 6.41. The molecule has 0 saturated heterocycles. The van der Waals surface area contributed by atoms with Gasteiger partial charge in [0.05, 0.1) is 12.9 Å². The van der Waals surface area contributed by atoms with E-state index in [2.05, 4.69) is 0 Å². The first kappa shape index (κ1) is 8.11. The highest BCUT2D eigenvalue weighted by molar-refractivity contribution is 5.09. The lowest BCUT2D eigenvalue weighted by Crippen LogP contribution is -1.66. The van der Waals surface area contributed by atoms with Crippen molar-refractivity contribution in [1.82, 2.24) is 0 Å². The SMILES string of the molecule is OC/C=C/C=C\C=C/F. The molecule has 0 aliphatic rings. The Morgan fingerprint density at radius 2 is 1.78 bits per heavy atom. The molecule has 9 heavy (non-hydrogen) atoms. The van der Waals surface area contributed by atoms with E-state index in [9.17, 15) is 4.39 Å². The second-order valence-corrected chi connectivity index (χ2v) is 1.31. The van der Waals surface area contributed by atoms with E-state index < -0.39 is 0 Å². The Hall–Kier alpha value is -0.890. The molecule has 0 aliphatic heterocycles. The highest BCUT2D eigenvalue weighted by Crippen LogP contribution is 1.79. The predicted molar refractivity (Wildman–Crippen MR) is 35.6 cm³/mol. The van der Waals surface area contributed by atoms with Crippen molar-refractivity contribution in [2.24, 2.45) is 0 Å². The summed E-state index contributed by atoms with van der Waals surface area (Å²) in [4.78, 5) is 0. The first-order valence-corrected chi connectivity index (χ1v) is 2.61. The fourth-order valence-electron chi connectivity index (χ4n) is 0.310. The van der Waals surface area contributed by atoms with E-state index in [4.69, 9.17) is 5.11 Å². The molecule has 0 aromatic carbocycles. The zero-order valence-corrected chi connectivity index (χ0v) is 5.00. The summed E-state index contributed by atoms with van der Waals surface area (Å²) in [6, 6.07) is 0. The summed E-state index contributed by atoms with van der Waals surface area (Å²) in [5, 5.41) is 8.21. The molecule has 0 aromatic rings. The lowest BCUT2D eigenvalue weighted by Gasteiger charge is -1.72. The van der Waals surface area contributed by atoms with E-state index in [1.54, 1.807) is 18.2 Å². The Morgan fingerprint density at radius 1 is 1.11 bits per heavy atom. The van der Waals surface area contributed by atoms with Gasteiger partial charge in [-0.05, 0) is 6.08 Å². The van der Waals surface area contributed by atoms with Crippen LogP contribution in [-0.4, -0.2) is 11.7 Å². The maximum atomic E-state index is 11.2. The minimum atomic E-state index is 0.0175. The van der Waals surface area contributed by atoms with E-state index in [0.717, 1.165) is 0 Å². The van der Waals surface area contributed by atoms with Crippen molar-refractivity contribution >= 4 is 0 Å². The molecule has 0 atom stereocenters. The number of rotatable bonds is 3. The molecule has 0 fully saturated rings. The van der Waals surface area contributed by atoms with Crippen LogP contribution in [0.1, 0.15) is 0 Å². The van der Waals surface area contributed by atoms with Gasteiger partial charge in [-0.2, -0.15) is 0 Å². The first-order chi connectivity index (χ1) is 4.41. The second kappa shape index (κ2) is 7.11. The average molecular weight is 128 g/mol. The third-order valence-corrected chi connectivity index (χ3v) is 0.648. The zero-order chi connectivity index (χ0) is 6.95. The van der Waals surface area contributed by atoms with Crippen LogP contribution >= 0.6 is 0 Å². The van der Waals surface area contributed by atoms with Gasteiger partial charge in [0.2, 0.25) is 0 Å². The van der Waals surface area contributed by atoms with E-state index in [-0.39, 0.29) is 6.61 Å². The smallest absolute Gasteiger partial charge is 0.0866 e. The number of halogens is 1. The number of aliphatic hydroxyl groups is 1. The van der Waals surface area contributed by atoms with Crippen LogP contribution in [0.3, 0.4) is 0 Å². The molecule has 0 unspecified atom stereocenters. The summed E-state index contributed by atoms with van der Waals surface area (Å²) in [6.07, 6.45) is 8.08. The fraction of sp³-hybridized carbons (Fsp3) is 0.143. The molecule has 50 valence electrons. The topological polar surface area (TPSA) is 20.2 Å². The lowest BCUT2D eigenvalue weighted by molar-refractivity contribution is 0.343. The Balaban J connectivity index is 3.35. The van der Waals surface area contributed by atoms with E-state index >= 15 is 0 Å². The number of hydrogen-bond acceptors (Lipinski definition) is 1. The molecule has 0 spiro atoms. The number of allylic oxidation sites excluding steroid dienone is 4. The van der Waals surface area contributed by atoms with Crippen LogP contribution in [0, 0.1) is 0 Å². The highest BCUT2D eigenvalue weighted by Gasteiger charge is 1.61. The maximum absolute atomic E-state index is 11.2. The van der Waals surface area contributed by atoms with Crippen LogP contribution in [0.4, 0.5) is 4.39 Å². The molecular formula is C7H9FO. The fourth-order valence-corrected chi connectivity index (χ4v) is 0.310. The molecule has 0 aliphatic carbocycles. The quantitative estimate of drug-likeness (QED) is 0.572. The van der Waals surface area contributed by atoms with Crippen molar-refractivity contribution in [3.8, 4) is 0 Å². The Bertz CT molecular complexity index is 125. The largest absolute Gasteiger partial charge is 0.392 e. The third kappa shape index (κ3) is 7.11. The van der Waals surface area contributed by atoms with Gasteiger partial charge in [-0.25, -0.2) is 4.39 Å². The highest BCUT2D eigenvalue weighted by atomic mass is 19.1. The molecule has 0 radical (unpaired) electrons. The maximum Gasteiger partial charge on any atom is 0.0866 e. The van der Waals surface area contributed by atoms with E-state index in [1.165, 1.54) is 12.2 Å². The van der Waals surface area contributed by atoms with Crippen LogP contribution in [0.5, 0.6) is 0 Å². The van der Waals surface area contributed by atoms with Gasteiger partial charge in [0.15, 0.2) is 0 Å². The molecule has 0 aromatic heterocycles. The summed E-state index contributed by atoms with van der Waals surface area (Å²) >= 11 is 0. The molecular weight excluding hydrogens is 119 g/mol. The molecule has 0 saturated carbocycles. The molecule has 1 N–H and O–H groups in total. The Morgan fingerprint density at radius 3 is 2.33 bits per heavy atom. The van der Waals surface area contributed by atoms with Gasteiger partial charge in [-0.15, -0.1) is 0 Å². The van der Waals surface area contributed by atoms with Crippen molar-refractivity contribution in [1.29, 1.82) is 0 Å². The monoisotopic (exact) mass is 128 g/mol. The van der Waals surface area contributed by atoms with Crippen LogP contribution in [0.2, 0.25) is 0 Å². The van der Waals surface area contributed by atoms with Gasteiger partial charge in [0.1, 0.15) is 0 Å².